The van der Waals surface area contributed by atoms with Gasteiger partial charge < -0.3 is 36.6 Å². The number of aliphatic imine (C=N–C) groups is 1. The van der Waals surface area contributed by atoms with E-state index >= 15 is 0 Å². The third-order valence-corrected chi connectivity index (χ3v) is 6.31. The lowest BCUT2D eigenvalue weighted by Crippen LogP contribution is -2.56. The molecule has 9 nitrogen and oxygen atoms in total. The second-order valence-corrected chi connectivity index (χ2v) is 9.94. The van der Waals surface area contributed by atoms with Crippen LogP contribution in [0.4, 0.5) is 5.69 Å². The van der Waals surface area contributed by atoms with Crippen LogP contribution in [-0.2, 0) is 4.79 Å². The van der Waals surface area contributed by atoms with Gasteiger partial charge in [0.15, 0.2) is 0 Å². The Morgan fingerprint density at radius 3 is 2.53 bits per heavy atom. The molecule has 0 spiro atoms. The highest BCUT2D eigenvalue weighted by atomic mass is 35.5. The molecule has 2 aromatic carbocycles. The summed E-state index contributed by atoms with van der Waals surface area (Å²) in [5, 5.41) is 23.6. The largest absolute Gasteiger partial charge is 0.491 e. The molecule has 10 heteroatoms. The van der Waals surface area contributed by atoms with Crippen LogP contribution in [0.3, 0.4) is 0 Å². The standard InChI is InChI=1S/C26H36ClN5O4/c1-5-30-23(34)13-20-25(29)32(15(2)28)21-11-10-18(36-14-22(33)26(3,4)35)12-19(21)24(31-20)16-6-8-17(27)9-7-16/h6-12,15,20,22,25,33,35H,5,13-14,28-29H2,1-4H3,(H,30,34)/t15?,20-,22?,25?/m0/s1. The van der Waals surface area contributed by atoms with Gasteiger partial charge >= 0.3 is 0 Å². The number of nitrogens with one attached hydrogen (secondary N) is 1. The Morgan fingerprint density at radius 1 is 1.28 bits per heavy atom. The average molecular weight is 518 g/mol. The van der Waals surface area contributed by atoms with Gasteiger partial charge in [-0.1, -0.05) is 23.7 Å². The number of benzodiazepines with no additional fused rings is 1. The van der Waals surface area contributed by atoms with Crippen molar-refractivity contribution in [3.63, 3.8) is 0 Å². The number of carbonyl (C=O) groups excluding carboxylic acids is 1. The van der Waals surface area contributed by atoms with Gasteiger partial charge in [0, 0.05) is 28.4 Å². The fraction of sp³-hybridized carbons (Fsp3) is 0.462. The predicted molar refractivity (Wildman–Crippen MR) is 143 cm³/mol. The van der Waals surface area contributed by atoms with Crippen LogP contribution in [0.25, 0.3) is 0 Å². The zero-order chi connectivity index (χ0) is 26.6. The SMILES string of the molecule is CCNC(=O)C[C@@H]1N=C(c2ccc(Cl)cc2)c2cc(OCC(O)C(C)(C)O)ccc2N(C(C)N)C1N. The van der Waals surface area contributed by atoms with E-state index in [0.29, 0.717) is 28.6 Å². The predicted octanol–water partition coefficient (Wildman–Crippen LogP) is 1.99. The summed E-state index contributed by atoms with van der Waals surface area (Å²) in [6, 6.07) is 12.1. The van der Waals surface area contributed by atoms with Crippen LogP contribution >= 0.6 is 11.6 Å². The van der Waals surface area contributed by atoms with E-state index < -0.39 is 30.1 Å². The van der Waals surface area contributed by atoms with Crippen molar-refractivity contribution in [2.75, 3.05) is 18.1 Å². The molecule has 0 bridgehead atoms. The Balaban J connectivity index is 2.13. The van der Waals surface area contributed by atoms with Crippen molar-refractivity contribution in [1.29, 1.82) is 0 Å². The first-order chi connectivity index (χ1) is 16.9. The number of nitrogens with zero attached hydrogens (tertiary/aromatic N) is 2. The van der Waals surface area contributed by atoms with Crippen molar-refractivity contribution in [3.8, 4) is 5.75 Å². The number of amides is 1. The fourth-order valence-electron chi connectivity index (χ4n) is 4.01. The molecule has 36 heavy (non-hydrogen) atoms. The fourth-order valence-corrected chi connectivity index (χ4v) is 4.14. The molecule has 7 N–H and O–H groups in total. The molecule has 1 heterocycles. The van der Waals surface area contributed by atoms with Crippen molar-refractivity contribution >= 4 is 28.9 Å². The molecule has 0 aliphatic carbocycles. The maximum absolute atomic E-state index is 12.5. The average Bonchev–Trinajstić information content (AvgIpc) is 2.92. The normalized spacial score (nSPS) is 19.6. The van der Waals surface area contributed by atoms with Gasteiger partial charge in [-0.25, -0.2) is 0 Å². The number of aliphatic hydroxyl groups is 2. The van der Waals surface area contributed by atoms with E-state index in [2.05, 4.69) is 5.32 Å². The lowest BCUT2D eigenvalue weighted by atomic mass is 9.99. The van der Waals surface area contributed by atoms with Crippen LogP contribution in [0.5, 0.6) is 5.75 Å². The third-order valence-electron chi connectivity index (χ3n) is 6.06. The highest BCUT2D eigenvalue weighted by molar-refractivity contribution is 6.30. The Labute approximate surface area is 217 Å². The van der Waals surface area contributed by atoms with Crippen LogP contribution in [0.2, 0.25) is 5.02 Å². The van der Waals surface area contributed by atoms with E-state index in [4.69, 9.17) is 32.8 Å². The summed E-state index contributed by atoms with van der Waals surface area (Å²) in [6.07, 6.45) is -2.14. The van der Waals surface area contributed by atoms with Crippen LogP contribution in [0.15, 0.2) is 47.5 Å². The molecule has 196 valence electrons. The van der Waals surface area contributed by atoms with Gasteiger partial charge in [0.25, 0.3) is 0 Å². The van der Waals surface area contributed by atoms with E-state index in [1.807, 2.05) is 36.9 Å². The molecule has 0 aromatic heterocycles. The third kappa shape index (κ3) is 6.54. The van der Waals surface area contributed by atoms with Gasteiger partial charge in [-0.2, -0.15) is 0 Å². The molecular weight excluding hydrogens is 482 g/mol. The number of nitrogens with two attached hydrogens (primary N) is 2. The summed E-state index contributed by atoms with van der Waals surface area (Å²) in [6.45, 7) is 7.10. The number of anilines is 1. The quantitative estimate of drug-likeness (QED) is 0.342. The molecular formula is C26H36ClN5O4. The monoisotopic (exact) mass is 517 g/mol. The van der Waals surface area contributed by atoms with Crippen molar-refractivity contribution in [2.24, 2.45) is 16.5 Å². The minimum atomic E-state index is -1.31. The summed E-state index contributed by atoms with van der Waals surface area (Å²) in [5.41, 5.74) is 14.6. The van der Waals surface area contributed by atoms with Crippen LogP contribution in [-0.4, -0.2) is 65.1 Å². The molecule has 0 fully saturated rings. The molecule has 0 radical (unpaired) electrons. The van der Waals surface area contributed by atoms with Gasteiger partial charge in [-0.05, 0) is 58.0 Å². The highest BCUT2D eigenvalue weighted by Crippen LogP contribution is 2.34. The first-order valence-electron chi connectivity index (χ1n) is 12.0. The number of aliphatic hydroxyl groups excluding tert-OH is 1. The molecule has 0 saturated carbocycles. The van der Waals surface area contributed by atoms with Gasteiger partial charge in [-0.15, -0.1) is 0 Å². The van der Waals surface area contributed by atoms with E-state index in [1.54, 1.807) is 24.3 Å². The Kier molecular flexibility index (Phi) is 8.97. The smallest absolute Gasteiger partial charge is 0.222 e. The second-order valence-electron chi connectivity index (χ2n) is 9.51. The zero-order valence-corrected chi connectivity index (χ0v) is 21.9. The molecule has 2 aromatic rings. The minimum absolute atomic E-state index is 0.0877. The van der Waals surface area contributed by atoms with Crippen molar-refractivity contribution in [1.82, 2.24) is 5.32 Å². The van der Waals surface area contributed by atoms with E-state index in [1.165, 1.54) is 13.8 Å². The molecule has 4 atom stereocenters. The summed E-state index contributed by atoms with van der Waals surface area (Å²) in [7, 11) is 0. The number of ether oxygens (including phenoxy) is 1. The first kappa shape index (κ1) is 27.9. The lowest BCUT2D eigenvalue weighted by molar-refractivity contribution is -0.121. The summed E-state index contributed by atoms with van der Waals surface area (Å²) in [5.74, 6) is 0.316. The van der Waals surface area contributed by atoms with E-state index in [0.717, 1.165) is 11.3 Å². The second kappa shape index (κ2) is 11.6. The number of rotatable bonds is 9. The minimum Gasteiger partial charge on any atom is -0.491 e. The maximum atomic E-state index is 12.5. The molecule has 3 rings (SSSR count). The van der Waals surface area contributed by atoms with E-state index in [-0.39, 0.29) is 18.9 Å². The molecule has 1 amide bonds. The number of hydrogen-bond acceptors (Lipinski definition) is 8. The summed E-state index contributed by atoms with van der Waals surface area (Å²) >= 11 is 6.13. The Morgan fingerprint density at radius 2 is 1.94 bits per heavy atom. The van der Waals surface area contributed by atoms with Gasteiger partial charge in [0.05, 0.1) is 29.9 Å². The van der Waals surface area contributed by atoms with E-state index in [9.17, 15) is 15.0 Å². The number of fused-ring (bicyclic) bond motifs is 1. The van der Waals surface area contributed by atoms with Gasteiger partial charge in [0.1, 0.15) is 24.6 Å². The lowest BCUT2D eigenvalue weighted by Gasteiger charge is -2.36. The summed E-state index contributed by atoms with van der Waals surface area (Å²) < 4.78 is 5.82. The van der Waals surface area contributed by atoms with Crippen molar-refractivity contribution in [2.45, 2.75) is 64.2 Å². The molecule has 3 unspecified atom stereocenters. The zero-order valence-electron chi connectivity index (χ0n) is 21.1. The van der Waals surface area contributed by atoms with Crippen LogP contribution < -0.4 is 26.4 Å². The van der Waals surface area contributed by atoms with Crippen molar-refractivity contribution in [3.05, 3.63) is 58.6 Å². The van der Waals surface area contributed by atoms with Crippen LogP contribution in [0, 0.1) is 0 Å². The maximum Gasteiger partial charge on any atom is 0.222 e. The summed E-state index contributed by atoms with van der Waals surface area (Å²) in [4.78, 5) is 19.3. The number of hydrogen-bond donors (Lipinski definition) is 5. The highest BCUT2D eigenvalue weighted by Gasteiger charge is 2.34. The number of carbonyl (C=O) groups is 1. The molecule has 1 aliphatic rings. The van der Waals surface area contributed by atoms with Crippen LogP contribution in [0.1, 0.15) is 45.2 Å². The molecule has 1 aliphatic heterocycles. The Bertz CT molecular complexity index is 1080. The number of halogens is 1. The van der Waals surface area contributed by atoms with Gasteiger partial charge in [0.2, 0.25) is 5.91 Å². The topological polar surface area (TPSA) is 146 Å². The Hall–Kier alpha value is -2.69. The molecule has 0 saturated heterocycles. The number of benzene rings is 2. The van der Waals surface area contributed by atoms with Crippen molar-refractivity contribution < 1.29 is 19.7 Å². The first-order valence-corrected chi connectivity index (χ1v) is 12.4. The van der Waals surface area contributed by atoms with Gasteiger partial charge in [-0.3, -0.25) is 9.79 Å².